The lowest BCUT2D eigenvalue weighted by molar-refractivity contribution is 0.0151. The van der Waals surface area contributed by atoms with Crippen molar-refractivity contribution in [3.05, 3.63) is 21.9 Å². The van der Waals surface area contributed by atoms with Crippen molar-refractivity contribution in [2.24, 2.45) is 5.73 Å². The molecule has 2 N–H and O–H groups in total. The molecule has 1 aromatic heterocycles. The van der Waals surface area contributed by atoms with Crippen LogP contribution in [-0.2, 0) is 11.2 Å². The van der Waals surface area contributed by atoms with Crippen LogP contribution in [0.2, 0.25) is 0 Å². The molecule has 2 rings (SSSR count). The fourth-order valence-corrected chi connectivity index (χ4v) is 3.12. The van der Waals surface area contributed by atoms with Crippen molar-refractivity contribution in [3.63, 3.8) is 0 Å². The minimum Gasteiger partial charge on any atom is -0.444 e. The summed E-state index contributed by atoms with van der Waals surface area (Å²) in [6, 6.07) is 2.02. The number of ether oxygens (including phenoxy) is 1. The van der Waals surface area contributed by atoms with Crippen LogP contribution in [0.4, 0.5) is 4.79 Å². The number of rotatable bonds is 1. The van der Waals surface area contributed by atoms with Crippen LogP contribution in [0.15, 0.2) is 11.4 Å². The van der Waals surface area contributed by atoms with Crippen molar-refractivity contribution in [2.75, 3.05) is 13.1 Å². The minimum absolute atomic E-state index is 0.0464. The molecule has 1 aliphatic rings. The lowest BCUT2D eigenvalue weighted by atomic mass is 10.0. The first kappa shape index (κ1) is 13.4. The van der Waals surface area contributed by atoms with Crippen LogP contribution in [0.25, 0.3) is 0 Å². The van der Waals surface area contributed by atoms with E-state index in [1.54, 1.807) is 16.2 Å². The maximum absolute atomic E-state index is 12.2. The topological polar surface area (TPSA) is 55.6 Å². The van der Waals surface area contributed by atoms with Crippen molar-refractivity contribution in [1.82, 2.24) is 4.90 Å². The zero-order valence-corrected chi connectivity index (χ0v) is 11.9. The molecule has 1 amide bonds. The standard InChI is InChI=1S/C13H20N2O2S/c1-13(2,3)17-12(16)15-6-4-11-9(5-7-18-11)10(15)8-14/h5,7,10H,4,6,8,14H2,1-3H3. The SMILES string of the molecule is CC(C)(C)OC(=O)N1CCc2sccc2C1CN. The Balaban J connectivity index is 2.17. The van der Waals surface area contributed by atoms with Crippen molar-refractivity contribution in [1.29, 1.82) is 0 Å². The fourth-order valence-electron chi connectivity index (χ4n) is 2.19. The maximum Gasteiger partial charge on any atom is 0.410 e. The highest BCUT2D eigenvalue weighted by Gasteiger charge is 2.33. The summed E-state index contributed by atoms with van der Waals surface area (Å²) in [5, 5.41) is 2.06. The monoisotopic (exact) mass is 268 g/mol. The number of nitrogens with two attached hydrogens (primary N) is 1. The Kier molecular flexibility index (Phi) is 3.64. The Bertz CT molecular complexity index is 436. The molecule has 0 fully saturated rings. The second kappa shape index (κ2) is 4.90. The summed E-state index contributed by atoms with van der Waals surface area (Å²) in [7, 11) is 0. The van der Waals surface area contributed by atoms with Gasteiger partial charge in [0.2, 0.25) is 0 Å². The number of fused-ring (bicyclic) bond motifs is 1. The van der Waals surface area contributed by atoms with Crippen LogP contribution in [0.1, 0.15) is 37.3 Å². The van der Waals surface area contributed by atoms with E-state index in [9.17, 15) is 4.79 Å². The Morgan fingerprint density at radius 1 is 1.61 bits per heavy atom. The molecule has 100 valence electrons. The van der Waals surface area contributed by atoms with Gasteiger partial charge in [-0.15, -0.1) is 11.3 Å². The van der Waals surface area contributed by atoms with Gasteiger partial charge in [-0.05, 0) is 44.2 Å². The highest BCUT2D eigenvalue weighted by atomic mass is 32.1. The van der Waals surface area contributed by atoms with E-state index in [0.29, 0.717) is 13.1 Å². The number of amides is 1. The van der Waals surface area contributed by atoms with Gasteiger partial charge in [-0.25, -0.2) is 4.79 Å². The molecule has 0 aromatic carbocycles. The zero-order chi connectivity index (χ0) is 13.3. The molecular formula is C13H20N2O2S. The summed E-state index contributed by atoms with van der Waals surface area (Å²) < 4.78 is 5.44. The van der Waals surface area contributed by atoms with E-state index in [4.69, 9.17) is 10.5 Å². The van der Waals surface area contributed by atoms with E-state index in [-0.39, 0.29) is 12.1 Å². The summed E-state index contributed by atoms with van der Waals surface area (Å²) in [6.45, 7) is 6.75. The quantitative estimate of drug-likeness (QED) is 0.851. The third-order valence-corrected chi connectivity index (χ3v) is 3.94. The molecule has 2 heterocycles. The van der Waals surface area contributed by atoms with Crippen LogP contribution in [0, 0.1) is 0 Å². The first-order valence-corrected chi connectivity index (χ1v) is 7.06. The fraction of sp³-hybridized carbons (Fsp3) is 0.615. The largest absolute Gasteiger partial charge is 0.444 e. The van der Waals surface area contributed by atoms with Gasteiger partial charge in [0.15, 0.2) is 0 Å². The number of hydrogen-bond acceptors (Lipinski definition) is 4. The van der Waals surface area contributed by atoms with E-state index in [1.807, 2.05) is 20.8 Å². The Hall–Kier alpha value is -1.07. The van der Waals surface area contributed by atoms with Gasteiger partial charge in [-0.1, -0.05) is 0 Å². The molecule has 1 atom stereocenters. The lowest BCUT2D eigenvalue weighted by Gasteiger charge is -2.36. The van der Waals surface area contributed by atoms with Gasteiger partial charge < -0.3 is 10.5 Å². The summed E-state index contributed by atoms with van der Waals surface area (Å²) in [4.78, 5) is 15.3. The molecule has 0 bridgehead atoms. The van der Waals surface area contributed by atoms with E-state index in [0.717, 1.165) is 6.42 Å². The summed E-state index contributed by atoms with van der Waals surface area (Å²) >= 11 is 1.74. The van der Waals surface area contributed by atoms with Crippen LogP contribution < -0.4 is 5.73 Å². The number of nitrogens with zero attached hydrogens (tertiary/aromatic N) is 1. The molecule has 1 aromatic rings. The average molecular weight is 268 g/mol. The van der Waals surface area contributed by atoms with Crippen molar-refractivity contribution >= 4 is 17.4 Å². The van der Waals surface area contributed by atoms with Gasteiger partial charge in [0.05, 0.1) is 6.04 Å². The zero-order valence-electron chi connectivity index (χ0n) is 11.1. The summed E-state index contributed by atoms with van der Waals surface area (Å²) in [6.07, 6.45) is 0.623. The van der Waals surface area contributed by atoms with Gasteiger partial charge in [0.1, 0.15) is 5.60 Å². The number of thiophene rings is 1. The van der Waals surface area contributed by atoms with E-state index in [2.05, 4.69) is 11.4 Å². The smallest absolute Gasteiger partial charge is 0.410 e. The van der Waals surface area contributed by atoms with Gasteiger partial charge in [0.25, 0.3) is 0 Å². The average Bonchev–Trinajstić information content (AvgIpc) is 2.72. The molecule has 1 unspecified atom stereocenters. The molecule has 0 saturated carbocycles. The Morgan fingerprint density at radius 3 is 2.94 bits per heavy atom. The van der Waals surface area contributed by atoms with Gasteiger partial charge in [-0.3, -0.25) is 4.90 Å². The van der Waals surface area contributed by atoms with Gasteiger partial charge >= 0.3 is 6.09 Å². The second-order valence-corrected chi connectivity index (χ2v) is 6.48. The highest BCUT2D eigenvalue weighted by molar-refractivity contribution is 7.10. The lowest BCUT2D eigenvalue weighted by Crippen LogP contribution is -2.45. The Morgan fingerprint density at radius 2 is 2.33 bits per heavy atom. The second-order valence-electron chi connectivity index (χ2n) is 5.47. The van der Waals surface area contributed by atoms with Crippen molar-refractivity contribution < 1.29 is 9.53 Å². The number of carbonyl (C=O) groups excluding carboxylic acids is 1. The van der Waals surface area contributed by atoms with Crippen molar-refractivity contribution in [3.8, 4) is 0 Å². The normalized spacial score (nSPS) is 19.6. The molecule has 0 radical (unpaired) electrons. The molecule has 1 aliphatic heterocycles. The third-order valence-electron chi connectivity index (χ3n) is 2.95. The number of carbonyl (C=O) groups is 1. The highest BCUT2D eigenvalue weighted by Crippen LogP contribution is 2.33. The van der Waals surface area contributed by atoms with Crippen LogP contribution in [0.5, 0.6) is 0 Å². The Labute approximate surface area is 112 Å². The first-order chi connectivity index (χ1) is 8.42. The van der Waals surface area contributed by atoms with E-state index < -0.39 is 5.60 Å². The van der Waals surface area contributed by atoms with Crippen LogP contribution in [-0.4, -0.2) is 29.7 Å². The maximum atomic E-state index is 12.2. The predicted octanol–water partition coefficient (Wildman–Crippen LogP) is 2.54. The molecule has 18 heavy (non-hydrogen) atoms. The molecule has 5 heteroatoms. The number of hydrogen-bond donors (Lipinski definition) is 1. The van der Waals surface area contributed by atoms with E-state index in [1.165, 1.54) is 10.4 Å². The molecule has 0 saturated heterocycles. The summed E-state index contributed by atoms with van der Waals surface area (Å²) in [5.41, 5.74) is 6.54. The van der Waals surface area contributed by atoms with Gasteiger partial charge in [-0.2, -0.15) is 0 Å². The third kappa shape index (κ3) is 2.67. The first-order valence-electron chi connectivity index (χ1n) is 6.18. The molecule has 0 spiro atoms. The summed E-state index contributed by atoms with van der Waals surface area (Å²) in [5.74, 6) is 0. The van der Waals surface area contributed by atoms with Crippen molar-refractivity contribution in [2.45, 2.75) is 38.8 Å². The minimum atomic E-state index is -0.467. The predicted molar refractivity (Wildman–Crippen MR) is 72.8 cm³/mol. The van der Waals surface area contributed by atoms with Gasteiger partial charge in [0, 0.05) is 18.0 Å². The molecule has 0 aliphatic carbocycles. The molecular weight excluding hydrogens is 248 g/mol. The van der Waals surface area contributed by atoms with Crippen LogP contribution in [0.3, 0.4) is 0 Å². The van der Waals surface area contributed by atoms with Crippen LogP contribution >= 0.6 is 11.3 Å². The molecule has 4 nitrogen and oxygen atoms in total. The van der Waals surface area contributed by atoms with E-state index >= 15 is 0 Å².